The zero-order chi connectivity index (χ0) is 30.5. The molecule has 0 fully saturated rings. The van der Waals surface area contributed by atoms with Crippen LogP contribution in [0.2, 0.25) is 0 Å². The molecule has 1 N–H and O–H groups in total. The van der Waals surface area contributed by atoms with Crippen molar-refractivity contribution in [3.05, 3.63) is 164 Å². The summed E-state index contributed by atoms with van der Waals surface area (Å²) in [6, 6.07) is 57.8. The smallest absolute Gasteiger partial charge is 0.159 e. The monoisotopic (exact) mass is 608 g/mol. The third-order valence-electron chi connectivity index (χ3n) is 8.63. The maximum atomic E-state index is 6.55. The van der Waals surface area contributed by atoms with E-state index in [1.54, 1.807) is 0 Å². The molecule has 2 aromatic heterocycles. The minimum atomic E-state index is 0.879. The molecule has 0 atom stereocenters. The third-order valence-corrected chi connectivity index (χ3v) is 9.77. The van der Waals surface area contributed by atoms with Crippen molar-refractivity contribution in [3.63, 3.8) is 0 Å². The molecule has 4 heteroatoms. The molecule has 0 saturated heterocycles. The number of anilines is 5. The first-order valence-electron chi connectivity index (χ1n) is 15.4. The van der Waals surface area contributed by atoms with Gasteiger partial charge in [-0.1, -0.05) is 97.1 Å². The van der Waals surface area contributed by atoms with Gasteiger partial charge in [0.25, 0.3) is 0 Å². The molecule has 0 spiro atoms. The number of para-hydroxylation sites is 3. The van der Waals surface area contributed by atoms with Crippen molar-refractivity contribution in [2.24, 2.45) is 0 Å². The summed E-state index contributed by atoms with van der Waals surface area (Å²) in [6.07, 6.45) is 0. The van der Waals surface area contributed by atoms with Crippen molar-refractivity contribution >= 4 is 81.9 Å². The van der Waals surface area contributed by atoms with Crippen LogP contribution in [0.1, 0.15) is 0 Å². The zero-order valence-electron chi connectivity index (χ0n) is 24.9. The number of benzene rings is 7. The fourth-order valence-electron chi connectivity index (χ4n) is 6.44. The van der Waals surface area contributed by atoms with Gasteiger partial charge in [-0.15, -0.1) is 11.3 Å². The SMILES string of the molecule is c1ccc(Nc2ccc3sc4cc(N(c5ccc(-c6ccccc6)cc5)c5cccc6c5oc5ccccc56)ccc4c3c2)cc1. The van der Waals surface area contributed by atoms with E-state index in [1.165, 1.54) is 31.3 Å². The summed E-state index contributed by atoms with van der Waals surface area (Å²) < 4.78 is 9.06. The minimum absolute atomic E-state index is 0.879. The lowest BCUT2D eigenvalue weighted by Gasteiger charge is -2.26. The van der Waals surface area contributed by atoms with Gasteiger partial charge in [-0.25, -0.2) is 0 Å². The first-order valence-corrected chi connectivity index (χ1v) is 16.2. The van der Waals surface area contributed by atoms with E-state index in [2.05, 4.69) is 156 Å². The van der Waals surface area contributed by atoms with Crippen molar-refractivity contribution in [3.8, 4) is 11.1 Å². The van der Waals surface area contributed by atoms with Gasteiger partial charge in [-0.05, 0) is 77.9 Å². The summed E-state index contributed by atoms with van der Waals surface area (Å²) in [6.45, 7) is 0. The third kappa shape index (κ3) is 4.59. The summed E-state index contributed by atoms with van der Waals surface area (Å²) in [5.41, 5.74) is 9.49. The molecule has 7 aromatic carbocycles. The van der Waals surface area contributed by atoms with Crippen molar-refractivity contribution < 1.29 is 4.42 Å². The Kier molecular flexibility index (Phi) is 6.32. The van der Waals surface area contributed by atoms with Crippen LogP contribution < -0.4 is 10.2 Å². The molecule has 0 radical (unpaired) electrons. The standard InChI is InChI=1S/C42H28N2OS/c1-3-10-28(11-4-1)29-18-21-32(22-19-29)44(38-16-9-15-36-34-14-7-8-17-39(34)45-42(36)38)33-23-24-35-37-26-31(43-30-12-5-2-6-13-30)20-25-40(37)46-41(35)27-33/h1-27,43H. The zero-order valence-corrected chi connectivity index (χ0v) is 25.7. The number of hydrogen-bond donors (Lipinski definition) is 1. The number of fused-ring (bicyclic) bond motifs is 6. The van der Waals surface area contributed by atoms with Gasteiger partial charge in [0.2, 0.25) is 0 Å². The normalized spacial score (nSPS) is 11.5. The number of nitrogens with zero attached hydrogens (tertiary/aromatic N) is 1. The Bertz CT molecular complexity index is 2500. The van der Waals surface area contributed by atoms with Crippen LogP contribution in [0.25, 0.3) is 53.2 Å². The number of thiophene rings is 1. The molecule has 0 unspecified atom stereocenters. The fraction of sp³-hybridized carbons (Fsp3) is 0. The number of nitrogens with one attached hydrogen (secondary N) is 1. The maximum absolute atomic E-state index is 6.55. The molecule has 218 valence electrons. The molecule has 0 aliphatic rings. The van der Waals surface area contributed by atoms with E-state index < -0.39 is 0 Å². The first-order chi connectivity index (χ1) is 22.8. The molecule has 0 saturated carbocycles. The average molecular weight is 609 g/mol. The lowest BCUT2D eigenvalue weighted by Crippen LogP contribution is -2.10. The summed E-state index contributed by atoms with van der Waals surface area (Å²) in [5.74, 6) is 0. The van der Waals surface area contributed by atoms with Crippen LogP contribution in [0, 0.1) is 0 Å². The van der Waals surface area contributed by atoms with Gasteiger partial charge in [-0.2, -0.15) is 0 Å². The van der Waals surface area contributed by atoms with Crippen molar-refractivity contribution in [2.75, 3.05) is 10.2 Å². The molecule has 0 aliphatic carbocycles. The molecule has 9 aromatic rings. The van der Waals surface area contributed by atoms with Crippen LogP contribution in [0.4, 0.5) is 28.4 Å². The summed E-state index contributed by atoms with van der Waals surface area (Å²) in [4.78, 5) is 2.33. The number of rotatable bonds is 6. The van der Waals surface area contributed by atoms with Crippen LogP contribution in [-0.2, 0) is 0 Å². The average Bonchev–Trinajstić information content (AvgIpc) is 3.68. The van der Waals surface area contributed by atoms with Crippen LogP contribution in [0.5, 0.6) is 0 Å². The molecule has 0 amide bonds. The van der Waals surface area contributed by atoms with E-state index in [9.17, 15) is 0 Å². The predicted molar refractivity (Wildman–Crippen MR) is 196 cm³/mol. The fourth-order valence-corrected chi connectivity index (χ4v) is 7.56. The highest BCUT2D eigenvalue weighted by atomic mass is 32.1. The van der Waals surface area contributed by atoms with E-state index in [0.29, 0.717) is 0 Å². The lowest BCUT2D eigenvalue weighted by atomic mass is 10.0. The van der Waals surface area contributed by atoms with Gasteiger partial charge < -0.3 is 14.6 Å². The Morgan fingerprint density at radius 1 is 0.457 bits per heavy atom. The molecule has 3 nitrogen and oxygen atoms in total. The largest absolute Gasteiger partial charge is 0.454 e. The van der Waals surface area contributed by atoms with Gasteiger partial charge in [-0.3, -0.25) is 0 Å². The van der Waals surface area contributed by atoms with E-state index in [1.807, 2.05) is 29.5 Å². The summed E-state index contributed by atoms with van der Waals surface area (Å²) in [5, 5.41) is 8.30. The van der Waals surface area contributed by atoms with Gasteiger partial charge in [0, 0.05) is 53.7 Å². The highest BCUT2D eigenvalue weighted by molar-refractivity contribution is 7.25. The van der Waals surface area contributed by atoms with Crippen LogP contribution in [0.15, 0.2) is 168 Å². The van der Waals surface area contributed by atoms with Crippen LogP contribution in [-0.4, -0.2) is 0 Å². The Labute approximate surface area is 270 Å². The second-order valence-electron chi connectivity index (χ2n) is 11.5. The highest BCUT2D eigenvalue weighted by Gasteiger charge is 2.20. The maximum Gasteiger partial charge on any atom is 0.159 e. The van der Waals surface area contributed by atoms with Gasteiger partial charge in [0.05, 0.1) is 5.69 Å². The molecular weight excluding hydrogens is 581 g/mol. The summed E-state index contributed by atoms with van der Waals surface area (Å²) >= 11 is 1.83. The van der Waals surface area contributed by atoms with Gasteiger partial charge in [0.15, 0.2) is 5.58 Å². The van der Waals surface area contributed by atoms with Crippen molar-refractivity contribution in [2.45, 2.75) is 0 Å². The Balaban J connectivity index is 1.19. The van der Waals surface area contributed by atoms with E-state index in [4.69, 9.17) is 4.42 Å². The molecule has 0 bridgehead atoms. The lowest BCUT2D eigenvalue weighted by molar-refractivity contribution is 0.669. The minimum Gasteiger partial charge on any atom is -0.454 e. The summed E-state index contributed by atoms with van der Waals surface area (Å²) in [7, 11) is 0. The number of furan rings is 1. The topological polar surface area (TPSA) is 28.4 Å². The van der Waals surface area contributed by atoms with Crippen molar-refractivity contribution in [1.82, 2.24) is 0 Å². The molecule has 9 rings (SSSR count). The van der Waals surface area contributed by atoms with Crippen molar-refractivity contribution in [1.29, 1.82) is 0 Å². The molecular formula is C42H28N2OS. The quantitative estimate of drug-likeness (QED) is 0.204. The molecule has 46 heavy (non-hydrogen) atoms. The Morgan fingerprint density at radius 3 is 2.02 bits per heavy atom. The Morgan fingerprint density at radius 2 is 1.17 bits per heavy atom. The van der Waals surface area contributed by atoms with Crippen LogP contribution >= 0.6 is 11.3 Å². The number of hydrogen-bond acceptors (Lipinski definition) is 4. The van der Waals surface area contributed by atoms with E-state index in [-0.39, 0.29) is 0 Å². The molecule has 2 heterocycles. The molecule has 0 aliphatic heterocycles. The Hall–Kier alpha value is -5.84. The van der Waals surface area contributed by atoms with Gasteiger partial charge >= 0.3 is 0 Å². The first kappa shape index (κ1) is 26.6. The second kappa shape index (κ2) is 11.0. The van der Waals surface area contributed by atoms with Crippen LogP contribution in [0.3, 0.4) is 0 Å². The highest BCUT2D eigenvalue weighted by Crippen LogP contribution is 2.45. The van der Waals surface area contributed by atoms with E-state index >= 15 is 0 Å². The van der Waals surface area contributed by atoms with Gasteiger partial charge in [0.1, 0.15) is 5.58 Å². The predicted octanol–water partition coefficient (Wildman–Crippen LogP) is 12.8. The second-order valence-corrected chi connectivity index (χ2v) is 12.6. The van der Waals surface area contributed by atoms with E-state index in [0.717, 1.165) is 50.4 Å².